The summed E-state index contributed by atoms with van der Waals surface area (Å²) in [5.41, 5.74) is -1.83. The third-order valence-corrected chi connectivity index (χ3v) is 10.0. The van der Waals surface area contributed by atoms with E-state index in [0.29, 0.717) is 26.1 Å². The van der Waals surface area contributed by atoms with Gasteiger partial charge in [-0.05, 0) is 44.9 Å². The van der Waals surface area contributed by atoms with Crippen LogP contribution < -0.4 is 0 Å². The molecule has 4 rings (SSSR count). The Morgan fingerprint density at radius 3 is 2.38 bits per heavy atom. The van der Waals surface area contributed by atoms with Crippen LogP contribution in [0.25, 0.3) is 0 Å². The lowest BCUT2D eigenvalue weighted by atomic mass is 9.62. The third kappa shape index (κ3) is 5.08. The van der Waals surface area contributed by atoms with Crippen molar-refractivity contribution in [1.29, 1.82) is 0 Å². The minimum absolute atomic E-state index is 0.0231. The Balaban J connectivity index is 1.73. The number of hydrogen-bond acceptors (Lipinski definition) is 5. The molecule has 0 radical (unpaired) electrons. The summed E-state index contributed by atoms with van der Waals surface area (Å²) in [6, 6.07) is -0.620. The van der Waals surface area contributed by atoms with Crippen molar-refractivity contribution >= 4 is 17.7 Å². The summed E-state index contributed by atoms with van der Waals surface area (Å²) in [5, 5.41) is 9.18. The second-order valence-electron chi connectivity index (χ2n) is 12.5. The number of aliphatic hydroxyl groups excluding tert-OH is 1. The summed E-state index contributed by atoms with van der Waals surface area (Å²) in [4.78, 5) is 48.2. The maximum absolute atomic E-state index is 14.6. The summed E-state index contributed by atoms with van der Waals surface area (Å²) in [6.07, 6.45) is 12.5. The van der Waals surface area contributed by atoms with E-state index < -0.39 is 29.1 Å². The highest BCUT2D eigenvalue weighted by atomic mass is 16.5. The zero-order valence-corrected chi connectivity index (χ0v) is 24.3. The van der Waals surface area contributed by atoms with Crippen molar-refractivity contribution in [1.82, 2.24) is 14.7 Å². The van der Waals surface area contributed by atoms with Gasteiger partial charge in [-0.1, -0.05) is 51.2 Å². The fraction of sp³-hybridized carbons (Fsp3) is 0.774. The number of nitrogens with zero attached hydrogens (tertiary/aromatic N) is 3. The molecule has 39 heavy (non-hydrogen) atoms. The first-order chi connectivity index (χ1) is 18.7. The van der Waals surface area contributed by atoms with Crippen molar-refractivity contribution in [3.05, 3.63) is 25.3 Å². The van der Waals surface area contributed by atoms with Gasteiger partial charge in [0.15, 0.2) is 0 Å². The van der Waals surface area contributed by atoms with Crippen LogP contribution >= 0.6 is 0 Å². The predicted molar refractivity (Wildman–Crippen MR) is 151 cm³/mol. The Bertz CT molecular complexity index is 949. The van der Waals surface area contributed by atoms with E-state index in [1.807, 2.05) is 11.8 Å². The Kier molecular flexibility index (Phi) is 9.26. The van der Waals surface area contributed by atoms with Crippen molar-refractivity contribution in [3.8, 4) is 0 Å². The zero-order valence-electron chi connectivity index (χ0n) is 24.3. The van der Waals surface area contributed by atoms with Gasteiger partial charge < -0.3 is 24.5 Å². The molecule has 1 N–H and O–H groups in total. The smallest absolute Gasteiger partial charge is 0.248 e. The fourth-order valence-electron chi connectivity index (χ4n) is 8.01. The van der Waals surface area contributed by atoms with E-state index in [1.165, 1.54) is 6.42 Å². The molecule has 0 aromatic carbocycles. The normalized spacial score (nSPS) is 33.7. The molecule has 218 valence electrons. The SMILES string of the molecule is C=CCN(C)C(=O)[C@H]1[C@H]2C(=O)N(CCCCCCO)C(C(=O)N(CC=C)C3CCCCC3)C23CC(C)[C@]1(C)O3. The lowest BCUT2D eigenvalue weighted by Gasteiger charge is -2.41. The van der Waals surface area contributed by atoms with Crippen LogP contribution in [0.15, 0.2) is 25.3 Å². The number of fused-ring (bicyclic) bond motifs is 1. The number of likely N-dealkylation sites (tertiary alicyclic amines) is 1. The second kappa shape index (κ2) is 12.1. The molecule has 0 aromatic rings. The first-order valence-corrected chi connectivity index (χ1v) is 15.1. The highest BCUT2D eigenvalue weighted by Gasteiger charge is 2.80. The van der Waals surface area contributed by atoms with Crippen molar-refractivity contribution in [2.45, 2.75) is 101 Å². The monoisotopic (exact) mass is 543 g/mol. The van der Waals surface area contributed by atoms with E-state index in [1.54, 1.807) is 29.0 Å². The molecule has 4 aliphatic rings. The third-order valence-electron chi connectivity index (χ3n) is 10.0. The van der Waals surface area contributed by atoms with Gasteiger partial charge in [0.25, 0.3) is 0 Å². The molecule has 3 saturated heterocycles. The van der Waals surface area contributed by atoms with Crippen LogP contribution in [0, 0.1) is 17.8 Å². The summed E-state index contributed by atoms with van der Waals surface area (Å²) in [5.74, 6) is -1.60. The molecule has 1 saturated carbocycles. The van der Waals surface area contributed by atoms with Crippen molar-refractivity contribution in [2.75, 3.05) is 33.3 Å². The van der Waals surface area contributed by atoms with Gasteiger partial charge in [0.1, 0.15) is 11.6 Å². The van der Waals surface area contributed by atoms with E-state index in [0.717, 1.165) is 51.4 Å². The number of unbranched alkanes of at least 4 members (excludes halogenated alkanes) is 3. The molecule has 8 heteroatoms. The largest absolute Gasteiger partial charge is 0.396 e. The highest BCUT2D eigenvalue weighted by molar-refractivity contribution is 5.99. The average molecular weight is 544 g/mol. The number of amides is 3. The van der Waals surface area contributed by atoms with Crippen LogP contribution in [0.1, 0.15) is 78.1 Å². The van der Waals surface area contributed by atoms with E-state index in [9.17, 15) is 19.5 Å². The summed E-state index contributed by atoms with van der Waals surface area (Å²) >= 11 is 0. The molecular weight excluding hydrogens is 494 g/mol. The molecule has 3 aliphatic heterocycles. The molecule has 4 fully saturated rings. The lowest BCUT2D eigenvalue weighted by Crippen LogP contribution is -2.58. The quantitative estimate of drug-likeness (QED) is 0.284. The zero-order chi connectivity index (χ0) is 28.4. The van der Waals surface area contributed by atoms with Gasteiger partial charge in [-0.2, -0.15) is 0 Å². The molecule has 6 atom stereocenters. The highest BCUT2D eigenvalue weighted by Crippen LogP contribution is 2.65. The number of carbonyl (C=O) groups excluding carboxylic acids is 3. The van der Waals surface area contributed by atoms with Gasteiger partial charge in [0, 0.05) is 39.3 Å². The van der Waals surface area contributed by atoms with Crippen LogP contribution in [0.2, 0.25) is 0 Å². The Morgan fingerprint density at radius 1 is 1.08 bits per heavy atom. The molecule has 2 bridgehead atoms. The molecule has 8 nitrogen and oxygen atoms in total. The molecule has 0 aromatic heterocycles. The lowest BCUT2D eigenvalue weighted by molar-refractivity contribution is -0.155. The van der Waals surface area contributed by atoms with Crippen LogP contribution in [0.5, 0.6) is 0 Å². The van der Waals surface area contributed by atoms with Crippen molar-refractivity contribution < 1.29 is 24.2 Å². The van der Waals surface area contributed by atoms with Crippen molar-refractivity contribution in [3.63, 3.8) is 0 Å². The Labute approximate surface area is 234 Å². The second-order valence-corrected chi connectivity index (χ2v) is 12.5. The Morgan fingerprint density at radius 2 is 1.74 bits per heavy atom. The maximum Gasteiger partial charge on any atom is 0.248 e. The molecule has 1 aliphatic carbocycles. The minimum atomic E-state index is -1.02. The van der Waals surface area contributed by atoms with Gasteiger partial charge in [-0.25, -0.2) is 0 Å². The minimum Gasteiger partial charge on any atom is -0.396 e. The standard InChI is InChI=1S/C31H49N3O5/c1-6-17-32(5)27(36)24-25-28(37)34(19-13-8-9-14-20-35)26(31(25)21-22(3)30(24,4)39-31)29(38)33(18-7-2)23-15-11-10-12-16-23/h6-7,22-26,35H,1-2,8-21H2,3-5H3/t22?,24-,25+,26?,30+,31?/m1/s1. The Hall–Kier alpha value is -2.19. The number of rotatable bonds is 13. The van der Waals surface area contributed by atoms with Crippen LogP contribution in [0.3, 0.4) is 0 Å². The van der Waals surface area contributed by atoms with E-state index in [-0.39, 0.29) is 36.3 Å². The number of aliphatic hydroxyl groups is 1. The van der Waals surface area contributed by atoms with Crippen LogP contribution in [0.4, 0.5) is 0 Å². The van der Waals surface area contributed by atoms with E-state index >= 15 is 0 Å². The van der Waals surface area contributed by atoms with Crippen LogP contribution in [-0.4, -0.2) is 94.1 Å². The molecule has 3 unspecified atom stereocenters. The predicted octanol–water partition coefficient (Wildman–Crippen LogP) is 3.54. The molecule has 3 amide bonds. The summed E-state index contributed by atoms with van der Waals surface area (Å²) in [6.45, 7) is 13.2. The first kappa shape index (κ1) is 29.8. The fourth-order valence-corrected chi connectivity index (χ4v) is 8.01. The number of carbonyl (C=O) groups is 3. The number of hydrogen-bond donors (Lipinski definition) is 1. The number of ether oxygens (including phenoxy) is 1. The van der Waals surface area contributed by atoms with E-state index in [4.69, 9.17) is 4.74 Å². The molecule has 3 heterocycles. The van der Waals surface area contributed by atoms with Crippen LogP contribution in [-0.2, 0) is 19.1 Å². The molecular formula is C31H49N3O5. The van der Waals surface area contributed by atoms with Gasteiger partial charge in [-0.3, -0.25) is 14.4 Å². The summed E-state index contributed by atoms with van der Waals surface area (Å²) < 4.78 is 6.90. The summed E-state index contributed by atoms with van der Waals surface area (Å²) in [7, 11) is 1.74. The van der Waals surface area contributed by atoms with Gasteiger partial charge in [0.05, 0.1) is 17.4 Å². The average Bonchev–Trinajstić information content (AvgIpc) is 3.43. The maximum atomic E-state index is 14.6. The topological polar surface area (TPSA) is 90.4 Å². The van der Waals surface area contributed by atoms with Gasteiger partial charge in [-0.15, -0.1) is 13.2 Å². The molecule has 1 spiro atoms. The van der Waals surface area contributed by atoms with Crippen molar-refractivity contribution in [2.24, 2.45) is 17.8 Å². The first-order valence-electron chi connectivity index (χ1n) is 15.1. The van der Waals surface area contributed by atoms with Gasteiger partial charge >= 0.3 is 0 Å². The van der Waals surface area contributed by atoms with Gasteiger partial charge in [0.2, 0.25) is 17.7 Å². The van der Waals surface area contributed by atoms with E-state index in [2.05, 4.69) is 20.1 Å². The number of likely N-dealkylation sites (N-methyl/N-ethyl adjacent to an activating group) is 1.